The lowest BCUT2D eigenvalue weighted by Gasteiger charge is -2.31. The Morgan fingerprint density at radius 2 is 2.35 bits per heavy atom. The van der Waals surface area contributed by atoms with Gasteiger partial charge in [0.05, 0.1) is 0 Å². The number of aromatic nitrogens is 2. The molecule has 1 N–H and O–H groups in total. The third-order valence-corrected chi connectivity index (χ3v) is 4.91. The van der Waals surface area contributed by atoms with Crippen LogP contribution in [0.2, 0.25) is 0 Å². The van der Waals surface area contributed by atoms with E-state index in [4.69, 9.17) is 0 Å². The van der Waals surface area contributed by atoms with Gasteiger partial charge < -0.3 is 4.90 Å². The van der Waals surface area contributed by atoms with Crippen molar-refractivity contribution < 1.29 is 4.79 Å². The molecule has 108 valence electrons. The fraction of sp³-hybridized carbons (Fsp3) is 0.643. The summed E-state index contributed by atoms with van der Waals surface area (Å²) in [5, 5.41) is 11.0. The first-order valence-electron chi connectivity index (χ1n) is 7.15. The van der Waals surface area contributed by atoms with Gasteiger partial charge in [0.25, 0.3) is 0 Å². The molecule has 0 aliphatic heterocycles. The van der Waals surface area contributed by atoms with E-state index in [1.807, 2.05) is 4.90 Å². The molecule has 5 nitrogen and oxygen atoms in total. The van der Waals surface area contributed by atoms with E-state index in [0.29, 0.717) is 17.0 Å². The number of fused-ring (bicyclic) bond motifs is 2. The van der Waals surface area contributed by atoms with Crippen LogP contribution in [-0.4, -0.2) is 33.7 Å². The topological polar surface area (TPSA) is 58.1 Å². The van der Waals surface area contributed by atoms with Gasteiger partial charge in [0, 0.05) is 12.6 Å². The number of hydrogen-bond acceptors (Lipinski definition) is 4. The molecule has 1 heterocycles. The van der Waals surface area contributed by atoms with E-state index in [-0.39, 0.29) is 12.1 Å². The van der Waals surface area contributed by atoms with Gasteiger partial charge in [-0.05, 0) is 44.4 Å². The molecule has 3 atom stereocenters. The Morgan fingerprint density at radius 3 is 2.90 bits per heavy atom. The number of allylic oxidation sites excluding steroid dienone is 2. The number of carbonyl (C=O) groups is 1. The van der Waals surface area contributed by atoms with Gasteiger partial charge in [-0.3, -0.25) is 5.32 Å². The van der Waals surface area contributed by atoms with Crippen LogP contribution < -0.4 is 5.32 Å². The zero-order chi connectivity index (χ0) is 14.1. The number of nitrogens with one attached hydrogen (secondary N) is 1. The molecule has 2 amide bonds. The highest BCUT2D eigenvalue weighted by Crippen LogP contribution is 2.43. The normalized spacial score (nSPS) is 27.2. The number of hydrogen-bond donors (Lipinski definition) is 1. The van der Waals surface area contributed by atoms with Gasteiger partial charge in [0.2, 0.25) is 5.13 Å². The molecular formula is C14H20N4OS. The van der Waals surface area contributed by atoms with Gasteiger partial charge in [-0.25, -0.2) is 4.79 Å². The maximum Gasteiger partial charge on any atom is 0.323 e. The Bertz CT molecular complexity index is 499. The molecule has 0 saturated heterocycles. The second-order valence-electron chi connectivity index (χ2n) is 5.96. The maximum atomic E-state index is 12.4. The van der Waals surface area contributed by atoms with Crippen molar-refractivity contribution >= 4 is 22.5 Å². The molecule has 20 heavy (non-hydrogen) atoms. The van der Waals surface area contributed by atoms with Crippen molar-refractivity contribution in [2.75, 3.05) is 11.9 Å². The van der Waals surface area contributed by atoms with E-state index >= 15 is 0 Å². The highest BCUT2D eigenvalue weighted by Gasteiger charge is 2.37. The number of carbonyl (C=O) groups excluding carboxylic acids is 1. The number of urea groups is 1. The van der Waals surface area contributed by atoms with Crippen LogP contribution in [0.1, 0.15) is 26.7 Å². The van der Waals surface area contributed by atoms with E-state index in [1.54, 1.807) is 5.51 Å². The van der Waals surface area contributed by atoms with Gasteiger partial charge in [0.15, 0.2) is 0 Å². The SMILES string of the molecule is CC(C)N(C[C@@H]1C[C@H]2C=C[C@H]1C2)C(=O)Nc1nncs1. The van der Waals surface area contributed by atoms with Gasteiger partial charge in [-0.1, -0.05) is 23.5 Å². The maximum absolute atomic E-state index is 12.4. The summed E-state index contributed by atoms with van der Waals surface area (Å²) in [5.74, 6) is 2.01. The van der Waals surface area contributed by atoms with Crippen molar-refractivity contribution in [1.29, 1.82) is 0 Å². The van der Waals surface area contributed by atoms with E-state index in [2.05, 4.69) is 41.5 Å². The van der Waals surface area contributed by atoms with Crippen LogP contribution in [-0.2, 0) is 0 Å². The largest absolute Gasteiger partial charge is 0.323 e. The van der Waals surface area contributed by atoms with Crippen molar-refractivity contribution in [2.24, 2.45) is 17.8 Å². The Kier molecular flexibility index (Phi) is 3.74. The second kappa shape index (κ2) is 5.52. The first-order chi connectivity index (χ1) is 9.63. The zero-order valence-corrected chi connectivity index (χ0v) is 12.6. The fourth-order valence-electron chi connectivity index (χ4n) is 3.28. The summed E-state index contributed by atoms with van der Waals surface area (Å²) >= 11 is 1.34. The minimum Gasteiger partial charge on any atom is -0.322 e. The average Bonchev–Trinajstić information content (AvgIpc) is 3.12. The molecule has 3 rings (SSSR count). The van der Waals surface area contributed by atoms with Crippen LogP contribution >= 0.6 is 11.3 Å². The summed E-state index contributed by atoms with van der Waals surface area (Å²) in [4.78, 5) is 14.3. The van der Waals surface area contributed by atoms with Crippen LogP contribution in [0.15, 0.2) is 17.7 Å². The highest BCUT2D eigenvalue weighted by molar-refractivity contribution is 7.13. The summed E-state index contributed by atoms with van der Waals surface area (Å²) in [6, 6.07) is 0.120. The molecule has 0 unspecified atom stereocenters. The number of amides is 2. The van der Waals surface area contributed by atoms with Gasteiger partial charge in [0.1, 0.15) is 5.51 Å². The van der Waals surface area contributed by atoms with Crippen LogP contribution in [0.4, 0.5) is 9.93 Å². The number of nitrogens with zero attached hydrogens (tertiary/aromatic N) is 3. The van der Waals surface area contributed by atoms with Gasteiger partial charge in [-0.15, -0.1) is 10.2 Å². The van der Waals surface area contributed by atoms with Crippen molar-refractivity contribution in [1.82, 2.24) is 15.1 Å². The Morgan fingerprint density at radius 1 is 1.50 bits per heavy atom. The van der Waals surface area contributed by atoms with E-state index in [0.717, 1.165) is 12.5 Å². The number of rotatable bonds is 4. The fourth-order valence-corrected chi connectivity index (χ4v) is 3.71. The molecule has 1 aromatic heterocycles. The van der Waals surface area contributed by atoms with Crippen molar-refractivity contribution in [2.45, 2.75) is 32.7 Å². The quantitative estimate of drug-likeness (QED) is 0.868. The monoisotopic (exact) mass is 292 g/mol. The Hall–Kier alpha value is -1.43. The summed E-state index contributed by atoms with van der Waals surface area (Å²) in [6.45, 7) is 4.94. The van der Waals surface area contributed by atoms with Crippen LogP contribution in [0.3, 0.4) is 0 Å². The molecule has 1 aromatic rings. The predicted octanol–water partition coefficient (Wildman–Crippen LogP) is 2.99. The molecular weight excluding hydrogens is 272 g/mol. The van der Waals surface area contributed by atoms with Crippen LogP contribution in [0.25, 0.3) is 0 Å². The lowest BCUT2D eigenvalue weighted by atomic mass is 9.93. The second-order valence-corrected chi connectivity index (χ2v) is 6.79. The van der Waals surface area contributed by atoms with Crippen molar-refractivity contribution in [3.8, 4) is 0 Å². The van der Waals surface area contributed by atoms with E-state index < -0.39 is 0 Å². The molecule has 2 bridgehead atoms. The molecule has 1 fully saturated rings. The smallest absolute Gasteiger partial charge is 0.322 e. The minimum atomic E-state index is -0.0662. The Labute approximate surface area is 123 Å². The molecule has 2 aliphatic rings. The van der Waals surface area contributed by atoms with Gasteiger partial charge in [-0.2, -0.15) is 0 Å². The molecule has 2 aliphatic carbocycles. The predicted molar refractivity (Wildman–Crippen MR) is 79.6 cm³/mol. The first kappa shape index (κ1) is 13.5. The Balaban J connectivity index is 1.63. The lowest BCUT2D eigenvalue weighted by Crippen LogP contribution is -2.43. The highest BCUT2D eigenvalue weighted by atomic mass is 32.1. The molecule has 0 radical (unpaired) electrons. The standard InChI is InChI=1S/C14H20N4OS/c1-9(2)18(14(19)16-13-17-15-8-20-13)7-12-6-10-3-4-11(12)5-10/h3-4,8-12H,5-7H2,1-2H3,(H,16,17,19)/t10-,11-,12-/m0/s1. The average molecular weight is 292 g/mol. The third-order valence-electron chi connectivity index (χ3n) is 4.31. The van der Waals surface area contributed by atoms with Crippen LogP contribution in [0, 0.1) is 17.8 Å². The lowest BCUT2D eigenvalue weighted by molar-refractivity contribution is 0.178. The van der Waals surface area contributed by atoms with Crippen LogP contribution in [0.5, 0.6) is 0 Å². The summed E-state index contributed by atoms with van der Waals surface area (Å²) in [7, 11) is 0. The van der Waals surface area contributed by atoms with E-state index in [1.165, 1.54) is 24.2 Å². The van der Waals surface area contributed by atoms with Crippen molar-refractivity contribution in [3.05, 3.63) is 17.7 Å². The third kappa shape index (κ3) is 2.70. The summed E-state index contributed by atoms with van der Waals surface area (Å²) in [6.07, 6.45) is 7.16. The molecule has 0 aromatic carbocycles. The molecule has 0 spiro atoms. The zero-order valence-electron chi connectivity index (χ0n) is 11.8. The minimum absolute atomic E-state index is 0.0662. The molecule has 6 heteroatoms. The van der Waals surface area contributed by atoms with Crippen molar-refractivity contribution in [3.63, 3.8) is 0 Å². The number of anilines is 1. The summed E-state index contributed by atoms with van der Waals surface area (Å²) in [5.41, 5.74) is 1.62. The summed E-state index contributed by atoms with van der Waals surface area (Å²) < 4.78 is 0. The van der Waals surface area contributed by atoms with E-state index in [9.17, 15) is 4.79 Å². The first-order valence-corrected chi connectivity index (χ1v) is 8.03. The molecule has 1 saturated carbocycles. The van der Waals surface area contributed by atoms with Gasteiger partial charge >= 0.3 is 6.03 Å².